The van der Waals surface area contributed by atoms with Crippen molar-refractivity contribution in [2.24, 2.45) is 0 Å². The van der Waals surface area contributed by atoms with Crippen LogP contribution in [0.1, 0.15) is 18.3 Å². The maximum atomic E-state index is 12.3. The fourth-order valence-corrected chi connectivity index (χ4v) is 2.00. The van der Waals surface area contributed by atoms with Crippen molar-refractivity contribution in [1.29, 1.82) is 0 Å². The Balaban J connectivity index is 2.47. The smallest absolute Gasteiger partial charge is 0.406 e. The lowest BCUT2D eigenvalue weighted by atomic mass is 10.1. The summed E-state index contributed by atoms with van der Waals surface area (Å²) in [5.74, 6) is 0.231. The summed E-state index contributed by atoms with van der Waals surface area (Å²) in [6, 6.07) is 5.63. The van der Waals surface area contributed by atoms with Gasteiger partial charge >= 0.3 is 6.36 Å². The first-order valence-corrected chi connectivity index (χ1v) is 6.57. The van der Waals surface area contributed by atoms with E-state index in [4.69, 9.17) is 11.6 Å². The first-order valence-electron chi connectivity index (χ1n) is 6.19. The Labute approximate surface area is 124 Å². The second-order valence-electron chi connectivity index (χ2n) is 4.33. The highest BCUT2D eigenvalue weighted by Gasteiger charge is 2.31. The summed E-state index contributed by atoms with van der Waals surface area (Å²) in [5.41, 5.74) is 1.60. The average molecular weight is 317 g/mol. The van der Waals surface area contributed by atoms with Gasteiger partial charge in [0.2, 0.25) is 0 Å². The molecule has 21 heavy (non-hydrogen) atoms. The molecule has 0 aliphatic carbocycles. The predicted octanol–water partition coefficient (Wildman–Crippen LogP) is 4.57. The van der Waals surface area contributed by atoms with Crippen LogP contribution in [0.15, 0.2) is 24.3 Å². The van der Waals surface area contributed by atoms with E-state index < -0.39 is 6.36 Å². The van der Waals surface area contributed by atoms with Crippen molar-refractivity contribution in [2.45, 2.75) is 26.6 Å². The highest BCUT2D eigenvalue weighted by molar-refractivity contribution is 6.30. The molecule has 0 unspecified atom stereocenters. The number of aryl methyl sites for hydroxylation is 1. The van der Waals surface area contributed by atoms with Gasteiger partial charge in [0, 0.05) is 17.5 Å². The van der Waals surface area contributed by atoms with Gasteiger partial charge in [-0.2, -0.15) is 0 Å². The van der Waals surface area contributed by atoms with E-state index in [-0.39, 0.29) is 5.75 Å². The third kappa shape index (κ3) is 3.85. The summed E-state index contributed by atoms with van der Waals surface area (Å²) in [7, 11) is 0. The summed E-state index contributed by atoms with van der Waals surface area (Å²) in [6.45, 7) is 3.59. The SMILES string of the molecule is CCc1nc(Cl)c(C)c(-c2cccc(OC(F)(F)F)c2)n1. The van der Waals surface area contributed by atoms with Gasteiger partial charge in [-0.15, -0.1) is 13.2 Å². The van der Waals surface area contributed by atoms with E-state index in [0.717, 1.165) is 0 Å². The Kier molecular flexibility index (Phi) is 4.37. The van der Waals surface area contributed by atoms with Crippen molar-refractivity contribution < 1.29 is 17.9 Å². The van der Waals surface area contributed by atoms with E-state index in [0.29, 0.717) is 34.2 Å². The Morgan fingerprint density at radius 3 is 2.57 bits per heavy atom. The molecule has 7 heteroatoms. The summed E-state index contributed by atoms with van der Waals surface area (Å²) < 4.78 is 40.7. The number of benzene rings is 1. The Morgan fingerprint density at radius 1 is 1.24 bits per heavy atom. The molecule has 0 amide bonds. The van der Waals surface area contributed by atoms with E-state index in [1.54, 1.807) is 13.0 Å². The molecular formula is C14H12ClF3N2O. The van der Waals surface area contributed by atoms with Gasteiger partial charge in [-0.1, -0.05) is 30.7 Å². The van der Waals surface area contributed by atoms with Gasteiger partial charge in [0.1, 0.15) is 16.7 Å². The molecule has 1 aromatic carbocycles. The number of hydrogen-bond donors (Lipinski definition) is 0. The molecule has 0 aliphatic rings. The molecular weight excluding hydrogens is 305 g/mol. The third-order valence-corrected chi connectivity index (χ3v) is 3.16. The van der Waals surface area contributed by atoms with Crippen molar-refractivity contribution in [3.63, 3.8) is 0 Å². The molecule has 0 saturated heterocycles. The average Bonchev–Trinajstić information content (AvgIpc) is 2.40. The number of aromatic nitrogens is 2. The molecule has 0 bridgehead atoms. The molecule has 0 atom stereocenters. The van der Waals surface area contributed by atoms with Crippen LogP contribution in [0, 0.1) is 6.92 Å². The number of nitrogens with zero attached hydrogens (tertiary/aromatic N) is 2. The van der Waals surface area contributed by atoms with Crippen LogP contribution in [-0.4, -0.2) is 16.3 Å². The molecule has 1 aromatic heterocycles. The van der Waals surface area contributed by atoms with Crippen molar-refractivity contribution in [3.8, 4) is 17.0 Å². The summed E-state index contributed by atoms with van der Waals surface area (Å²) in [4.78, 5) is 8.43. The zero-order valence-electron chi connectivity index (χ0n) is 11.3. The molecule has 0 aliphatic heterocycles. The monoisotopic (exact) mass is 316 g/mol. The topological polar surface area (TPSA) is 35.0 Å². The second-order valence-corrected chi connectivity index (χ2v) is 4.69. The molecule has 2 rings (SSSR count). The number of ether oxygens (including phenoxy) is 1. The van der Waals surface area contributed by atoms with Gasteiger partial charge in [-0.25, -0.2) is 9.97 Å². The zero-order valence-corrected chi connectivity index (χ0v) is 12.1. The first kappa shape index (κ1) is 15.6. The van der Waals surface area contributed by atoms with Crippen molar-refractivity contribution in [2.75, 3.05) is 0 Å². The highest BCUT2D eigenvalue weighted by atomic mass is 35.5. The molecule has 0 spiro atoms. The van der Waals surface area contributed by atoms with E-state index in [9.17, 15) is 13.2 Å². The van der Waals surface area contributed by atoms with E-state index in [1.807, 2.05) is 6.92 Å². The van der Waals surface area contributed by atoms with Crippen LogP contribution in [0.3, 0.4) is 0 Å². The molecule has 0 N–H and O–H groups in total. The van der Waals surface area contributed by atoms with Gasteiger partial charge in [0.05, 0.1) is 5.69 Å². The minimum atomic E-state index is -4.73. The summed E-state index contributed by atoms with van der Waals surface area (Å²) in [6.07, 6.45) is -4.16. The van der Waals surface area contributed by atoms with E-state index in [1.165, 1.54) is 18.2 Å². The molecule has 112 valence electrons. The molecule has 1 heterocycles. The van der Waals surface area contributed by atoms with Crippen LogP contribution in [0.25, 0.3) is 11.3 Å². The van der Waals surface area contributed by atoms with Crippen LogP contribution in [0.5, 0.6) is 5.75 Å². The first-order chi connectivity index (χ1) is 9.80. The number of halogens is 4. The van der Waals surface area contributed by atoms with Crippen LogP contribution >= 0.6 is 11.6 Å². The van der Waals surface area contributed by atoms with E-state index in [2.05, 4.69) is 14.7 Å². The van der Waals surface area contributed by atoms with Gasteiger partial charge in [-0.05, 0) is 19.1 Å². The van der Waals surface area contributed by atoms with Crippen molar-refractivity contribution >= 4 is 11.6 Å². The Hall–Kier alpha value is -1.82. The number of hydrogen-bond acceptors (Lipinski definition) is 3. The number of rotatable bonds is 3. The Bertz CT molecular complexity index is 659. The van der Waals surface area contributed by atoms with Gasteiger partial charge in [0.25, 0.3) is 0 Å². The molecule has 0 fully saturated rings. The lowest BCUT2D eigenvalue weighted by Crippen LogP contribution is -2.17. The summed E-state index contributed by atoms with van der Waals surface area (Å²) >= 11 is 6.03. The van der Waals surface area contributed by atoms with Crippen LogP contribution in [0.4, 0.5) is 13.2 Å². The van der Waals surface area contributed by atoms with Crippen LogP contribution in [-0.2, 0) is 6.42 Å². The summed E-state index contributed by atoms with van der Waals surface area (Å²) in [5, 5.41) is 0.291. The van der Waals surface area contributed by atoms with Gasteiger partial charge < -0.3 is 4.74 Å². The molecule has 3 nitrogen and oxygen atoms in total. The normalized spacial score (nSPS) is 11.5. The standard InChI is InChI=1S/C14H12ClF3N2O/c1-3-11-19-12(8(2)13(15)20-11)9-5-4-6-10(7-9)21-14(16,17)18/h4-7H,3H2,1-2H3. The molecule has 2 aromatic rings. The largest absolute Gasteiger partial charge is 0.573 e. The fraction of sp³-hybridized carbons (Fsp3) is 0.286. The van der Waals surface area contributed by atoms with Crippen molar-refractivity contribution in [3.05, 3.63) is 40.8 Å². The Morgan fingerprint density at radius 2 is 1.95 bits per heavy atom. The lowest BCUT2D eigenvalue weighted by molar-refractivity contribution is -0.274. The minimum Gasteiger partial charge on any atom is -0.406 e. The van der Waals surface area contributed by atoms with Crippen LogP contribution in [0.2, 0.25) is 5.15 Å². The second kappa shape index (κ2) is 5.89. The van der Waals surface area contributed by atoms with Crippen LogP contribution < -0.4 is 4.74 Å². The zero-order chi connectivity index (χ0) is 15.6. The molecule has 0 saturated carbocycles. The molecule has 0 radical (unpaired) electrons. The quantitative estimate of drug-likeness (QED) is 0.778. The van der Waals surface area contributed by atoms with Gasteiger partial charge in [-0.3, -0.25) is 0 Å². The highest BCUT2D eigenvalue weighted by Crippen LogP contribution is 2.30. The predicted molar refractivity (Wildman–Crippen MR) is 73.3 cm³/mol. The van der Waals surface area contributed by atoms with E-state index >= 15 is 0 Å². The third-order valence-electron chi connectivity index (χ3n) is 2.79. The minimum absolute atomic E-state index is 0.291. The number of alkyl halides is 3. The lowest BCUT2D eigenvalue weighted by Gasteiger charge is -2.12. The van der Waals surface area contributed by atoms with Crippen molar-refractivity contribution in [1.82, 2.24) is 9.97 Å². The fourth-order valence-electron chi connectivity index (χ4n) is 1.81. The van der Waals surface area contributed by atoms with Gasteiger partial charge in [0.15, 0.2) is 0 Å². The maximum Gasteiger partial charge on any atom is 0.573 e. The maximum absolute atomic E-state index is 12.3.